The van der Waals surface area contributed by atoms with Crippen LogP contribution in [0.2, 0.25) is 0 Å². The van der Waals surface area contributed by atoms with Crippen LogP contribution in [0.25, 0.3) is 0 Å². The van der Waals surface area contributed by atoms with Gasteiger partial charge in [-0.05, 0) is 34.5 Å². The molecular formula is C10H12BrO2PS2. The average Bonchev–Trinajstić information content (AvgIpc) is 2.70. The van der Waals surface area contributed by atoms with Crippen molar-refractivity contribution < 1.29 is 9.09 Å². The van der Waals surface area contributed by atoms with Crippen molar-refractivity contribution in [2.75, 3.05) is 13.8 Å². The molecular weight excluding hydrogens is 327 g/mol. The molecule has 2 atom stereocenters. The lowest BCUT2D eigenvalue weighted by molar-refractivity contribution is 0.401. The van der Waals surface area contributed by atoms with Gasteiger partial charge in [-0.1, -0.05) is 29.6 Å². The van der Waals surface area contributed by atoms with Crippen molar-refractivity contribution in [1.82, 2.24) is 0 Å². The van der Waals surface area contributed by atoms with Crippen molar-refractivity contribution >= 4 is 46.8 Å². The Hall–Kier alpha value is 0.590. The number of hydrogen-bond acceptors (Lipinski definition) is 4. The first-order valence-corrected chi connectivity index (χ1v) is 9.40. The first-order valence-electron chi connectivity index (χ1n) is 4.71. The third kappa shape index (κ3) is 2.25. The van der Waals surface area contributed by atoms with Gasteiger partial charge in [0.1, 0.15) is 4.32 Å². The van der Waals surface area contributed by atoms with Crippen LogP contribution in [-0.2, 0) is 9.09 Å². The quantitative estimate of drug-likeness (QED) is 0.724. The van der Waals surface area contributed by atoms with Gasteiger partial charge in [0, 0.05) is 28.0 Å². The molecule has 0 amide bonds. The minimum atomic E-state index is -2.54. The molecule has 0 bridgehead atoms. The Morgan fingerprint density at radius 2 is 2.00 bits per heavy atom. The number of rotatable bonds is 2. The maximum atomic E-state index is 12.2. The van der Waals surface area contributed by atoms with Crippen LogP contribution in [0.4, 0.5) is 0 Å². The number of halogens is 1. The summed E-state index contributed by atoms with van der Waals surface area (Å²) in [6.45, 7) is 3.78. The van der Waals surface area contributed by atoms with Crippen molar-refractivity contribution in [2.24, 2.45) is 0 Å². The van der Waals surface area contributed by atoms with E-state index in [1.54, 1.807) is 30.2 Å². The molecule has 1 aromatic carbocycles. The number of benzene rings is 1. The molecule has 2 unspecified atom stereocenters. The van der Waals surface area contributed by atoms with E-state index in [0.717, 1.165) is 4.47 Å². The molecule has 1 aromatic rings. The molecule has 0 saturated carbocycles. The highest BCUT2D eigenvalue weighted by atomic mass is 79.9. The van der Waals surface area contributed by atoms with Crippen molar-refractivity contribution in [2.45, 2.75) is 21.0 Å². The number of aryl methyl sites for hydroxylation is 1. The average molecular weight is 339 g/mol. The zero-order valence-electron chi connectivity index (χ0n) is 9.19. The van der Waals surface area contributed by atoms with Crippen LogP contribution in [0.3, 0.4) is 0 Å². The maximum absolute atomic E-state index is 12.2. The fourth-order valence-corrected chi connectivity index (χ4v) is 7.37. The molecule has 0 fully saturated rings. The van der Waals surface area contributed by atoms with Crippen molar-refractivity contribution in [1.29, 1.82) is 0 Å². The summed E-state index contributed by atoms with van der Waals surface area (Å²) in [5.74, 6) is 0. The molecule has 0 spiro atoms. The normalized spacial score (nSPS) is 22.9. The molecule has 0 radical (unpaired) electrons. The third-order valence-corrected chi connectivity index (χ3v) is 10.3. The van der Waals surface area contributed by atoms with Gasteiger partial charge in [0.15, 0.2) is 0 Å². The highest BCUT2D eigenvalue weighted by Gasteiger charge is 2.37. The molecule has 2 rings (SSSR count). The molecule has 16 heavy (non-hydrogen) atoms. The number of hydrogen-bond donors (Lipinski definition) is 0. The highest BCUT2D eigenvalue weighted by molar-refractivity contribution is 9.10. The van der Waals surface area contributed by atoms with Crippen molar-refractivity contribution in [3.63, 3.8) is 0 Å². The SMILES string of the molecule is COP(C)(=O)C1Sc2c(C)ccc(Br)c2S1. The van der Waals surface area contributed by atoms with Crippen LogP contribution in [0.5, 0.6) is 0 Å². The molecule has 2 nitrogen and oxygen atoms in total. The highest BCUT2D eigenvalue weighted by Crippen LogP contribution is 2.66. The summed E-state index contributed by atoms with van der Waals surface area (Å²) in [6, 6.07) is 4.11. The van der Waals surface area contributed by atoms with E-state index in [1.165, 1.54) is 22.5 Å². The Labute approximate surface area is 112 Å². The van der Waals surface area contributed by atoms with E-state index in [0.29, 0.717) is 0 Å². The second-order valence-corrected chi connectivity index (χ2v) is 10.4. The topological polar surface area (TPSA) is 26.3 Å². The molecule has 1 heterocycles. The monoisotopic (exact) mass is 338 g/mol. The molecule has 1 aliphatic rings. The summed E-state index contributed by atoms with van der Waals surface area (Å²) >= 11 is 6.82. The maximum Gasteiger partial charge on any atom is 0.222 e. The molecule has 88 valence electrons. The van der Waals surface area contributed by atoms with Gasteiger partial charge in [0.05, 0.1) is 0 Å². The smallest absolute Gasteiger partial charge is 0.222 e. The molecule has 0 saturated heterocycles. The van der Waals surface area contributed by atoms with E-state index in [9.17, 15) is 4.57 Å². The van der Waals surface area contributed by atoms with E-state index >= 15 is 0 Å². The Bertz CT molecular complexity index is 447. The first kappa shape index (κ1) is 13.0. The number of fused-ring (bicyclic) bond motifs is 1. The molecule has 0 aliphatic carbocycles. The Morgan fingerprint density at radius 3 is 2.56 bits per heavy atom. The van der Waals surface area contributed by atoms with E-state index in [1.807, 2.05) is 6.07 Å². The minimum absolute atomic E-state index is 0.0232. The third-order valence-electron chi connectivity index (χ3n) is 2.44. The van der Waals surface area contributed by atoms with Gasteiger partial charge in [-0.15, -0.1) is 0 Å². The molecule has 0 N–H and O–H groups in total. The van der Waals surface area contributed by atoms with Crippen LogP contribution < -0.4 is 0 Å². The Morgan fingerprint density at radius 1 is 1.38 bits per heavy atom. The van der Waals surface area contributed by atoms with E-state index in [4.69, 9.17) is 4.52 Å². The van der Waals surface area contributed by atoms with Gasteiger partial charge in [-0.2, -0.15) is 0 Å². The van der Waals surface area contributed by atoms with Crippen LogP contribution in [-0.4, -0.2) is 18.1 Å². The molecule has 6 heteroatoms. The molecule has 1 aliphatic heterocycles. The Balaban J connectivity index is 2.38. The zero-order chi connectivity index (χ0) is 11.9. The summed E-state index contributed by atoms with van der Waals surface area (Å²) in [5, 5.41) is 0. The summed E-state index contributed by atoms with van der Waals surface area (Å²) in [6.07, 6.45) is 0. The largest absolute Gasteiger partial charge is 0.331 e. The van der Waals surface area contributed by atoms with Gasteiger partial charge in [-0.25, -0.2) is 0 Å². The Kier molecular flexibility index (Phi) is 3.82. The van der Waals surface area contributed by atoms with Gasteiger partial charge in [0.25, 0.3) is 0 Å². The first-order chi connectivity index (χ1) is 7.45. The van der Waals surface area contributed by atoms with E-state index in [-0.39, 0.29) is 4.32 Å². The standard InChI is InChI=1S/C10H12BrO2PS2/c1-6-4-5-7(11)9-8(6)15-10(16-9)14(3,12)13-2/h4-5,10H,1-3H3. The summed E-state index contributed by atoms with van der Waals surface area (Å²) in [7, 11) is -1.02. The summed E-state index contributed by atoms with van der Waals surface area (Å²) in [5.41, 5.74) is 1.23. The van der Waals surface area contributed by atoms with Gasteiger partial charge < -0.3 is 4.52 Å². The van der Waals surface area contributed by atoms with Crippen LogP contribution >= 0.6 is 46.8 Å². The van der Waals surface area contributed by atoms with Crippen molar-refractivity contribution in [3.05, 3.63) is 22.2 Å². The lowest BCUT2D eigenvalue weighted by Crippen LogP contribution is -1.95. The van der Waals surface area contributed by atoms with Gasteiger partial charge >= 0.3 is 0 Å². The van der Waals surface area contributed by atoms with Gasteiger partial charge in [0.2, 0.25) is 7.37 Å². The van der Waals surface area contributed by atoms with E-state index < -0.39 is 7.37 Å². The summed E-state index contributed by atoms with van der Waals surface area (Å²) in [4.78, 5) is 2.41. The zero-order valence-corrected chi connectivity index (χ0v) is 13.3. The molecule has 0 aromatic heterocycles. The summed E-state index contributed by atoms with van der Waals surface area (Å²) < 4.78 is 18.4. The van der Waals surface area contributed by atoms with E-state index in [2.05, 4.69) is 28.9 Å². The second kappa shape index (κ2) is 4.69. The lowest BCUT2D eigenvalue weighted by atomic mass is 10.2. The number of thioether (sulfide) groups is 2. The predicted octanol–water partition coefficient (Wildman–Crippen LogP) is 4.79. The fourth-order valence-electron chi connectivity index (χ4n) is 1.40. The second-order valence-electron chi connectivity index (χ2n) is 3.66. The van der Waals surface area contributed by atoms with Crippen LogP contribution in [0, 0.1) is 6.92 Å². The van der Waals surface area contributed by atoms with Gasteiger partial charge in [-0.3, -0.25) is 4.57 Å². The fraction of sp³-hybridized carbons (Fsp3) is 0.400. The van der Waals surface area contributed by atoms with Crippen molar-refractivity contribution in [3.8, 4) is 0 Å². The van der Waals surface area contributed by atoms with Crippen LogP contribution in [0.15, 0.2) is 26.4 Å². The minimum Gasteiger partial charge on any atom is -0.331 e. The lowest BCUT2D eigenvalue weighted by Gasteiger charge is -2.15. The van der Waals surface area contributed by atoms with Crippen LogP contribution in [0.1, 0.15) is 5.56 Å². The predicted molar refractivity (Wildman–Crippen MR) is 74.9 cm³/mol.